The largest absolute Gasteiger partial charge is 0.497 e. The second kappa shape index (κ2) is 10.4. The van der Waals surface area contributed by atoms with Crippen LogP contribution in [0.15, 0.2) is 53.4 Å². The smallest absolute Gasteiger partial charge is 0.416 e. The summed E-state index contributed by atoms with van der Waals surface area (Å²) in [7, 11) is 3.34. The summed E-state index contributed by atoms with van der Waals surface area (Å²) in [6, 6.07) is 12.2. The Bertz CT molecular complexity index is 1100. The van der Waals surface area contributed by atoms with Gasteiger partial charge in [0, 0.05) is 30.8 Å². The summed E-state index contributed by atoms with van der Waals surface area (Å²) >= 11 is 1.46. The zero-order valence-corrected chi connectivity index (χ0v) is 20.3. The van der Waals surface area contributed by atoms with Gasteiger partial charge in [-0.3, -0.25) is 9.59 Å². The van der Waals surface area contributed by atoms with Crippen LogP contribution in [0.25, 0.3) is 6.08 Å². The molecule has 1 N–H and O–H groups in total. The number of rotatable bonds is 5. The molecule has 0 spiro atoms. The molecule has 2 fully saturated rings. The fourth-order valence-electron chi connectivity index (χ4n) is 4.53. The van der Waals surface area contributed by atoms with Crippen molar-refractivity contribution < 1.29 is 27.5 Å². The Morgan fingerprint density at radius 1 is 1.14 bits per heavy atom. The predicted octanol–water partition coefficient (Wildman–Crippen LogP) is 5.11. The number of halogens is 3. The van der Waals surface area contributed by atoms with E-state index in [0.717, 1.165) is 36.3 Å². The lowest BCUT2D eigenvalue weighted by molar-refractivity contribution is -0.137. The van der Waals surface area contributed by atoms with Crippen LogP contribution in [0.5, 0.6) is 5.75 Å². The van der Waals surface area contributed by atoms with Crippen molar-refractivity contribution in [2.24, 2.45) is 5.92 Å². The molecule has 35 heavy (non-hydrogen) atoms. The van der Waals surface area contributed by atoms with Gasteiger partial charge in [-0.1, -0.05) is 24.3 Å². The fraction of sp³-hybridized carbons (Fsp3) is 0.385. The molecule has 0 aromatic heterocycles. The summed E-state index contributed by atoms with van der Waals surface area (Å²) in [4.78, 5) is 28.0. The van der Waals surface area contributed by atoms with Crippen molar-refractivity contribution in [1.29, 1.82) is 0 Å². The SMILES string of the molecule is COc1ccc(CNC(=O)C2CCC3S/C(=C\c4ccc(C(F)(F)F)cc4)C(=O)N(C)C3C2)cc1. The van der Waals surface area contributed by atoms with Gasteiger partial charge in [-0.2, -0.15) is 13.2 Å². The Morgan fingerprint density at radius 3 is 2.46 bits per heavy atom. The van der Waals surface area contributed by atoms with E-state index in [2.05, 4.69) is 5.32 Å². The number of alkyl halides is 3. The van der Waals surface area contributed by atoms with Crippen LogP contribution < -0.4 is 10.1 Å². The van der Waals surface area contributed by atoms with E-state index < -0.39 is 11.7 Å². The summed E-state index contributed by atoms with van der Waals surface area (Å²) in [5, 5.41) is 3.15. The lowest BCUT2D eigenvalue weighted by atomic mass is 9.83. The highest BCUT2D eigenvalue weighted by atomic mass is 32.2. The molecule has 3 unspecified atom stereocenters. The van der Waals surface area contributed by atoms with Crippen LogP contribution in [0.4, 0.5) is 13.2 Å². The second-order valence-electron chi connectivity index (χ2n) is 8.84. The van der Waals surface area contributed by atoms with Gasteiger partial charge in [0.1, 0.15) is 5.75 Å². The van der Waals surface area contributed by atoms with Gasteiger partial charge in [0.25, 0.3) is 5.91 Å². The molecule has 9 heteroatoms. The highest BCUT2D eigenvalue weighted by molar-refractivity contribution is 8.04. The number of nitrogens with zero attached hydrogens (tertiary/aromatic N) is 1. The molecule has 1 saturated carbocycles. The average molecular weight is 505 g/mol. The van der Waals surface area contributed by atoms with Gasteiger partial charge in [0.2, 0.25) is 5.91 Å². The third-order valence-corrected chi connectivity index (χ3v) is 7.99. The average Bonchev–Trinajstić information content (AvgIpc) is 2.85. The van der Waals surface area contributed by atoms with E-state index in [0.29, 0.717) is 23.4 Å². The van der Waals surface area contributed by atoms with Crippen molar-refractivity contribution >= 4 is 29.7 Å². The van der Waals surface area contributed by atoms with Gasteiger partial charge in [-0.05, 0) is 60.7 Å². The van der Waals surface area contributed by atoms with Crippen LogP contribution in [0, 0.1) is 5.92 Å². The minimum absolute atomic E-state index is 0.0174. The maximum atomic E-state index is 13.0. The molecule has 3 atom stereocenters. The molecule has 2 amide bonds. The van der Waals surface area contributed by atoms with E-state index in [1.807, 2.05) is 24.3 Å². The first-order valence-electron chi connectivity index (χ1n) is 11.4. The summed E-state index contributed by atoms with van der Waals surface area (Å²) in [6.45, 7) is 0.428. The number of nitrogens with one attached hydrogen (secondary N) is 1. The Morgan fingerprint density at radius 2 is 1.83 bits per heavy atom. The summed E-state index contributed by atoms with van der Waals surface area (Å²) in [5.74, 6) is 0.394. The monoisotopic (exact) mass is 504 g/mol. The Hall–Kier alpha value is -2.94. The number of methoxy groups -OCH3 is 1. The topological polar surface area (TPSA) is 58.6 Å². The summed E-state index contributed by atoms with van der Waals surface area (Å²) in [5.41, 5.74) is 0.807. The van der Waals surface area contributed by atoms with E-state index in [1.165, 1.54) is 23.9 Å². The molecule has 186 valence electrons. The third-order valence-electron chi connectivity index (χ3n) is 6.59. The van der Waals surface area contributed by atoms with E-state index in [4.69, 9.17) is 4.74 Å². The first-order valence-corrected chi connectivity index (χ1v) is 12.3. The van der Waals surface area contributed by atoms with E-state index >= 15 is 0 Å². The first-order chi connectivity index (χ1) is 16.7. The molecule has 1 saturated heterocycles. The highest BCUT2D eigenvalue weighted by Gasteiger charge is 2.42. The minimum atomic E-state index is -4.39. The van der Waals surface area contributed by atoms with Crippen LogP contribution in [-0.4, -0.2) is 42.2 Å². The van der Waals surface area contributed by atoms with Gasteiger partial charge in [0.05, 0.1) is 17.6 Å². The van der Waals surface area contributed by atoms with Gasteiger partial charge in [-0.15, -0.1) is 11.8 Å². The molecule has 1 aliphatic carbocycles. The molecular formula is C26H27F3N2O3S. The second-order valence-corrected chi connectivity index (χ2v) is 10.1. The van der Waals surface area contributed by atoms with E-state index in [1.54, 1.807) is 25.1 Å². The number of fused-ring (bicyclic) bond motifs is 1. The number of hydrogen-bond donors (Lipinski definition) is 1. The Balaban J connectivity index is 1.37. The number of likely N-dealkylation sites (N-methyl/N-ethyl adjacent to an activating group) is 1. The number of carbonyl (C=O) groups is 2. The number of hydrogen-bond acceptors (Lipinski definition) is 4. The molecule has 5 nitrogen and oxygen atoms in total. The number of ether oxygens (including phenoxy) is 1. The number of amides is 2. The molecular weight excluding hydrogens is 477 g/mol. The molecule has 1 heterocycles. The lowest BCUT2D eigenvalue weighted by Gasteiger charge is -2.44. The molecule has 0 bridgehead atoms. The third kappa shape index (κ3) is 5.83. The minimum Gasteiger partial charge on any atom is -0.497 e. The molecule has 2 aromatic rings. The molecule has 1 aliphatic heterocycles. The lowest BCUT2D eigenvalue weighted by Crippen LogP contribution is -2.52. The van der Waals surface area contributed by atoms with Crippen LogP contribution in [0.3, 0.4) is 0 Å². The zero-order chi connectivity index (χ0) is 25.2. The normalized spacial score (nSPS) is 23.7. The van der Waals surface area contributed by atoms with Crippen LogP contribution in [0.2, 0.25) is 0 Å². The van der Waals surface area contributed by atoms with Crippen molar-refractivity contribution in [3.8, 4) is 5.75 Å². The molecule has 4 rings (SSSR count). The quantitative estimate of drug-likeness (QED) is 0.575. The Kier molecular flexibility index (Phi) is 7.44. The summed E-state index contributed by atoms with van der Waals surface area (Å²) < 4.78 is 43.6. The maximum Gasteiger partial charge on any atom is 0.416 e. The van der Waals surface area contributed by atoms with Crippen LogP contribution in [0.1, 0.15) is 36.0 Å². The van der Waals surface area contributed by atoms with Crippen molar-refractivity contribution in [2.45, 2.75) is 43.3 Å². The first kappa shape index (κ1) is 25.2. The highest BCUT2D eigenvalue weighted by Crippen LogP contribution is 2.43. The Labute approximate surface area is 206 Å². The molecule has 0 radical (unpaired) electrons. The van der Waals surface area contributed by atoms with Crippen molar-refractivity contribution in [1.82, 2.24) is 10.2 Å². The number of carbonyl (C=O) groups excluding carboxylic acids is 2. The van der Waals surface area contributed by atoms with E-state index in [-0.39, 0.29) is 29.0 Å². The van der Waals surface area contributed by atoms with Crippen molar-refractivity contribution in [2.75, 3.05) is 14.2 Å². The fourth-order valence-corrected chi connectivity index (χ4v) is 6.01. The van der Waals surface area contributed by atoms with Gasteiger partial charge < -0.3 is 15.0 Å². The number of benzene rings is 2. The van der Waals surface area contributed by atoms with Gasteiger partial charge >= 0.3 is 6.18 Å². The van der Waals surface area contributed by atoms with Gasteiger partial charge in [0.15, 0.2) is 0 Å². The predicted molar refractivity (Wildman–Crippen MR) is 130 cm³/mol. The molecule has 2 aromatic carbocycles. The van der Waals surface area contributed by atoms with Crippen molar-refractivity contribution in [3.05, 3.63) is 70.1 Å². The zero-order valence-electron chi connectivity index (χ0n) is 19.5. The maximum absolute atomic E-state index is 13.0. The van der Waals surface area contributed by atoms with Gasteiger partial charge in [-0.25, -0.2) is 0 Å². The van der Waals surface area contributed by atoms with Crippen molar-refractivity contribution in [3.63, 3.8) is 0 Å². The molecule has 2 aliphatic rings. The van der Waals surface area contributed by atoms with Crippen LogP contribution in [-0.2, 0) is 22.3 Å². The summed E-state index contributed by atoms with van der Waals surface area (Å²) in [6.07, 6.45) is -0.667. The van der Waals surface area contributed by atoms with E-state index in [9.17, 15) is 22.8 Å². The standard InChI is InChI=1S/C26H27F3N2O3S/c1-31-21-14-18(24(32)30-15-17-5-10-20(34-2)11-6-17)7-12-22(21)35-23(25(31)33)13-16-3-8-19(9-4-16)26(27,28)29/h3-6,8-11,13,18,21-22H,7,12,14-15H2,1-2H3,(H,30,32)/b23-13-. The number of thioether (sulfide) groups is 1. The van der Waals surface area contributed by atoms with Crippen LogP contribution >= 0.6 is 11.8 Å².